The number of alkyl halides is 3. The van der Waals surface area contributed by atoms with E-state index in [1.54, 1.807) is 0 Å². The predicted molar refractivity (Wildman–Crippen MR) is 75.5 cm³/mol. The van der Waals surface area contributed by atoms with Gasteiger partial charge in [-0.2, -0.15) is 13.2 Å². The second-order valence-electron chi connectivity index (χ2n) is 5.45. The molecule has 0 aliphatic heterocycles. The molecule has 7 nitrogen and oxygen atoms in total. The third kappa shape index (κ3) is 3.53. The van der Waals surface area contributed by atoms with Crippen LogP contribution in [-0.2, 0) is 11.0 Å². The van der Waals surface area contributed by atoms with Gasteiger partial charge in [0.1, 0.15) is 5.54 Å². The zero-order valence-corrected chi connectivity index (χ0v) is 12.6. The van der Waals surface area contributed by atoms with Crippen molar-refractivity contribution in [3.05, 3.63) is 41.7 Å². The van der Waals surface area contributed by atoms with Crippen LogP contribution in [0, 0.1) is 0 Å². The first-order chi connectivity index (χ1) is 11.0. The molecule has 0 bridgehead atoms. The molecule has 0 saturated heterocycles. The Bertz CT molecular complexity index is 784. The molecule has 0 saturated carbocycles. The number of nitrogens with zero attached hydrogens (tertiary/aromatic N) is 3. The Kier molecular flexibility index (Phi) is 4.32. The fraction of sp³-hybridized carbons (Fsp3) is 0.286. The summed E-state index contributed by atoms with van der Waals surface area (Å²) < 4.78 is 39.8. The number of carboxylic acid groups (broad SMARTS) is 1. The fourth-order valence-corrected chi connectivity index (χ4v) is 1.80. The highest BCUT2D eigenvalue weighted by Gasteiger charge is 2.34. The minimum absolute atomic E-state index is 0.297. The minimum Gasteiger partial charge on any atom is -0.480 e. The fourth-order valence-electron chi connectivity index (χ4n) is 1.80. The lowest BCUT2D eigenvalue weighted by Crippen LogP contribution is -2.49. The van der Waals surface area contributed by atoms with Gasteiger partial charge in [-0.1, -0.05) is 17.3 Å². The summed E-state index contributed by atoms with van der Waals surface area (Å²) in [7, 11) is 0. The molecule has 0 spiro atoms. The van der Waals surface area contributed by atoms with Crippen LogP contribution in [0.2, 0.25) is 0 Å². The Hall–Kier alpha value is -2.91. The quantitative estimate of drug-likeness (QED) is 0.884. The van der Waals surface area contributed by atoms with E-state index in [2.05, 4.69) is 15.6 Å². The number of benzene rings is 1. The lowest BCUT2D eigenvalue weighted by atomic mass is 10.1. The summed E-state index contributed by atoms with van der Waals surface area (Å²) in [4.78, 5) is 23.0. The van der Waals surface area contributed by atoms with E-state index < -0.39 is 29.2 Å². The molecule has 1 aromatic carbocycles. The van der Waals surface area contributed by atoms with Crippen molar-refractivity contribution < 1.29 is 27.9 Å². The van der Waals surface area contributed by atoms with Gasteiger partial charge in [0.25, 0.3) is 5.91 Å². The number of aliphatic carboxylic acids is 1. The van der Waals surface area contributed by atoms with Crippen LogP contribution in [0.3, 0.4) is 0 Å². The highest BCUT2D eigenvalue weighted by Crippen LogP contribution is 2.33. The molecule has 10 heteroatoms. The number of amides is 1. The third-order valence-corrected chi connectivity index (χ3v) is 3.14. The van der Waals surface area contributed by atoms with Crippen molar-refractivity contribution in [2.75, 3.05) is 0 Å². The summed E-state index contributed by atoms with van der Waals surface area (Å²) >= 11 is 0. The number of hydrogen-bond acceptors (Lipinski definition) is 4. The Morgan fingerprint density at radius 2 is 1.83 bits per heavy atom. The lowest BCUT2D eigenvalue weighted by molar-refractivity contribution is -0.143. The van der Waals surface area contributed by atoms with Crippen LogP contribution in [0.5, 0.6) is 0 Å². The van der Waals surface area contributed by atoms with Crippen molar-refractivity contribution in [2.24, 2.45) is 0 Å². The van der Waals surface area contributed by atoms with Crippen molar-refractivity contribution in [2.45, 2.75) is 25.6 Å². The van der Waals surface area contributed by atoms with Gasteiger partial charge in [0.15, 0.2) is 5.69 Å². The van der Waals surface area contributed by atoms with Crippen molar-refractivity contribution in [3.8, 4) is 5.69 Å². The van der Waals surface area contributed by atoms with Gasteiger partial charge in [-0.15, -0.1) is 5.10 Å². The van der Waals surface area contributed by atoms with Gasteiger partial charge in [-0.05, 0) is 26.0 Å². The molecule has 0 fully saturated rings. The summed E-state index contributed by atoms with van der Waals surface area (Å²) in [5.41, 5.74) is -3.10. The number of halogens is 3. The van der Waals surface area contributed by atoms with Crippen LogP contribution in [0.4, 0.5) is 13.2 Å². The molecule has 0 aliphatic rings. The van der Waals surface area contributed by atoms with E-state index in [0.29, 0.717) is 0 Å². The molecule has 1 aromatic heterocycles. The smallest absolute Gasteiger partial charge is 0.418 e. The standard InChI is InChI=1S/C14H13F3N4O3/c1-13(2,12(23)24)18-11(22)9-7-21(20-19-9)10-6-4-3-5-8(10)14(15,16)17/h3-7H,1-2H3,(H,18,22)(H,23,24). The van der Waals surface area contributed by atoms with E-state index in [1.807, 2.05) is 0 Å². The number of para-hydroxylation sites is 1. The van der Waals surface area contributed by atoms with Gasteiger partial charge in [-0.3, -0.25) is 4.79 Å². The van der Waals surface area contributed by atoms with Crippen molar-refractivity contribution >= 4 is 11.9 Å². The lowest BCUT2D eigenvalue weighted by Gasteiger charge is -2.19. The summed E-state index contributed by atoms with van der Waals surface area (Å²) in [5, 5.41) is 18.2. The SMILES string of the molecule is CC(C)(NC(=O)c1cn(-c2ccccc2C(F)(F)F)nn1)C(=O)O. The van der Waals surface area contributed by atoms with Crippen LogP contribution in [-0.4, -0.2) is 37.5 Å². The van der Waals surface area contributed by atoms with E-state index in [0.717, 1.165) is 16.9 Å². The van der Waals surface area contributed by atoms with E-state index in [9.17, 15) is 22.8 Å². The molecule has 0 unspecified atom stereocenters. The maximum atomic E-state index is 13.0. The predicted octanol–water partition coefficient (Wildman–Crippen LogP) is 1.88. The first-order valence-electron chi connectivity index (χ1n) is 6.67. The second kappa shape index (κ2) is 5.95. The highest BCUT2D eigenvalue weighted by molar-refractivity contribution is 5.95. The number of nitrogens with one attached hydrogen (secondary N) is 1. The zero-order valence-electron chi connectivity index (χ0n) is 12.6. The number of aromatic nitrogens is 3. The topological polar surface area (TPSA) is 97.1 Å². The zero-order chi connectivity index (χ0) is 18.1. The summed E-state index contributed by atoms with van der Waals surface area (Å²) in [5.74, 6) is -2.14. The van der Waals surface area contributed by atoms with Crippen molar-refractivity contribution in [3.63, 3.8) is 0 Å². The maximum Gasteiger partial charge on any atom is 0.418 e. The normalized spacial score (nSPS) is 12.0. The van der Waals surface area contributed by atoms with E-state index >= 15 is 0 Å². The molecule has 24 heavy (non-hydrogen) atoms. The average molecular weight is 342 g/mol. The molecule has 0 radical (unpaired) electrons. The van der Waals surface area contributed by atoms with Crippen molar-refractivity contribution in [1.82, 2.24) is 20.3 Å². The van der Waals surface area contributed by atoms with Crippen molar-refractivity contribution in [1.29, 1.82) is 0 Å². The Morgan fingerprint density at radius 1 is 1.21 bits per heavy atom. The monoisotopic (exact) mass is 342 g/mol. The third-order valence-electron chi connectivity index (χ3n) is 3.14. The summed E-state index contributed by atoms with van der Waals surface area (Å²) in [6.45, 7) is 2.52. The number of rotatable bonds is 4. The number of carbonyl (C=O) groups is 2. The molecule has 128 valence electrons. The van der Waals surface area contributed by atoms with Crippen LogP contribution in [0.1, 0.15) is 29.9 Å². The number of carbonyl (C=O) groups excluding carboxylic acids is 1. The second-order valence-corrected chi connectivity index (χ2v) is 5.45. The van der Waals surface area contributed by atoms with Crippen LogP contribution in [0.15, 0.2) is 30.5 Å². The number of carboxylic acids is 1. The Labute approximate surface area is 134 Å². The first-order valence-corrected chi connectivity index (χ1v) is 6.67. The van der Waals surface area contributed by atoms with Crippen LogP contribution >= 0.6 is 0 Å². The largest absolute Gasteiger partial charge is 0.480 e. The molecule has 2 rings (SSSR count). The van der Waals surface area contributed by atoms with Gasteiger partial charge in [0, 0.05) is 0 Å². The van der Waals surface area contributed by atoms with Gasteiger partial charge in [-0.25, -0.2) is 9.48 Å². The van der Waals surface area contributed by atoms with Gasteiger partial charge >= 0.3 is 12.1 Å². The highest BCUT2D eigenvalue weighted by atomic mass is 19.4. The molecular weight excluding hydrogens is 329 g/mol. The van der Waals surface area contributed by atoms with Gasteiger partial charge in [0.05, 0.1) is 17.4 Å². The molecule has 2 aromatic rings. The van der Waals surface area contributed by atoms with Gasteiger partial charge < -0.3 is 10.4 Å². The first kappa shape index (κ1) is 17.4. The maximum absolute atomic E-state index is 13.0. The summed E-state index contributed by atoms with van der Waals surface area (Å²) in [6.07, 6.45) is -3.60. The Balaban J connectivity index is 2.33. The molecule has 1 amide bonds. The molecule has 0 atom stereocenters. The number of hydrogen-bond donors (Lipinski definition) is 2. The molecular formula is C14H13F3N4O3. The molecule has 1 heterocycles. The van der Waals surface area contributed by atoms with Gasteiger partial charge in [0.2, 0.25) is 0 Å². The van der Waals surface area contributed by atoms with Crippen LogP contribution in [0.25, 0.3) is 5.69 Å². The average Bonchev–Trinajstić information content (AvgIpc) is 2.95. The molecule has 2 N–H and O–H groups in total. The van der Waals surface area contributed by atoms with E-state index in [-0.39, 0.29) is 11.4 Å². The summed E-state index contributed by atoms with van der Waals surface area (Å²) in [6, 6.07) is 4.68. The van der Waals surface area contributed by atoms with Crippen LogP contribution < -0.4 is 5.32 Å². The van der Waals surface area contributed by atoms with E-state index in [1.165, 1.54) is 32.0 Å². The Morgan fingerprint density at radius 3 is 2.42 bits per heavy atom. The molecule has 0 aliphatic carbocycles. The minimum atomic E-state index is -4.60. The van der Waals surface area contributed by atoms with E-state index in [4.69, 9.17) is 5.11 Å².